The molecule has 0 aliphatic rings. The first-order valence-corrected chi connectivity index (χ1v) is 6.61. The van der Waals surface area contributed by atoms with Gasteiger partial charge in [0.15, 0.2) is 0 Å². The van der Waals surface area contributed by atoms with E-state index in [4.69, 9.17) is 0 Å². The number of nitrogens with one attached hydrogen (secondary N) is 1. The molecule has 0 aliphatic heterocycles. The van der Waals surface area contributed by atoms with Crippen LogP contribution < -0.4 is 5.32 Å². The third kappa shape index (κ3) is 2.22. The molecule has 0 saturated carbocycles. The number of benzene rings is 1. The Kier molecular flexibility index (Phi) is 3.10. The van der Waals surface area contributed by atoms with Crippen LogP contribution in [0.25, 0.3) is 5.78 Å². The predicted molar refractivity (Wildman–Crippen MR) is 78.8 cm³/mol. The Morgan fingerprint density at radius 2 is 1.85 bits per heavy atom. The molecule has 0 amide bonds. The van der Waals surface area contributed by atoms with E-state index in [1.807, 2.05) is 13.8 Å². The van der Waals surface area contributed by atoms with Crippen LogP contribution >= 0.6 is 0 Å². The van der Waals surface area contributed by atoms with Crippen molar-refractivity contribution in [3.05, 3.63) is 53.0 Å². The topological polar surface area (TPSA) is 55.1 Å². The summed E-state index contributed by atoms with van der Waals surface area (Å²) in [6, 6.07) is 8.49. The quantitative estimate of drug-likeness (QED) is 0.792. The second kappa shape index (κ2) is 4.92. The standard InChI is InChI=1S/C15H17N5/c1-10-4-6-13(7-5-10)8-16-14-11(2)12(3)19-15-17-9-18-20(14)15/h4-7,9,16H,8H2,1-3H3. The van der Waals surface area contributed by atoms with Gasteiger partial charge in [-0.1, -0.05) is 29.8 Å². The normalized spacial score (nSPS) is 10.9. The molecule has 2 aromatic heterocycles. The van der Waals surface area contributed by atoms with Crippen molar-refractivity contribution in [2.75, 3.05) is 5.32 Å². The highest BCUT2D eigenvalue weighted by atomic mass is 15.4. The Bertz CT molecular complexity index is 743. The van der Waals surface area contributed by atoms with Gasteiger partial charge in [-0.25, -0.2) is 4.98 Å². The minimum Gasteiger partial charge on any atom is -0.366 e. The molecule has 0 atom stereocenters. The summed E-state index contributed by atoms with van der Waals surface area (Å²) in [6.45, 7) is 6.87. The maximum absolute atomic E-state index is 4.41. The van der Waals surface area contributed by atoms with Gasteiger partial charge in [0.05, 0.1) is 0 Å². The number of rotatable bonds is 3. The summed E-state index contributed by atoms with van der Waals surface area (Å²) < 4.78 is 1.75. The summed E-state index contributed by atoms with van der Waals surface area (Å²) in [4.78, 5) is 8.56. The van der Waals surface area contributed by atoms with Crippen LogP contribution in [0.2, 0.25) is 0 Å². The van der Waals surface area contributed by atoms with Crippen molar-refractivity contribution in [3.63, 3.8) is 0 Å². The molecule has 0 radical (unpaired) electrons. The van der Waals surface area contributed by atoms with E-state index in [9.17, 15) is 0 Å². The van der Waals surface area contributed by atoms with Crippen molar-refractivity contribution < 1.29 is 0 Å². The summed E-state index contributed by atoms with van der Waals surface area (Å²) in [5.74, 6) is 1.57. The van der Waals surface area contributed by atoms with Gasteiger partial charge in [-0.2, -0.15) is 14.6 Å². The van der Waals surface area contributed by atoms with Crippen molar-refractivity contribution in [2.24, 2.45) is 0 Å². The molecule has 0 unspecified atom stereocenters. The lowest BCUT2D eigenvalue weighted by Gasteiger charge is -2.12. The van der Waals surface area contributed by atoms with Gasteiger partial charge in [-0.3, -0.25) is 0 Å². The second-order valence-corrected chi connectivity index (χ2v) is 4.98. The molecule has 3 aromatic rings. The number of hydrogen-bond donors (Lipinski definition) is 1. The first kappa shape index (κ1) is 12.6. The first-order chi connectivity index (χ1) is 9.65. The molecular formula is C15H17N5. The summed E-state index contributed by atoms with van der Waals surface area (Å²) >= 11 is 0. The fourth-order valence-corrected chi connectivity index (χ4v) is 2.13. The highest BCUT2D eigenvalue weighted by Crippen LogP contribution is 2.18. The number of nitrogens with zero attached hydrogens (tertiary/aromatic N) is 4. The van der Waals surface area contributed by atoms with E-state index in [1.165, 1.54) is 17.5 Å². The van der Waals surface area contributed by atoms with Crippen molar-refractivity contribution in [1.29, 1.82) is 0 Å². The van der Waals surface area contributed by atoms with E-state index in [0.29, 0.717) is 5.78 Å². The highest BCUT2D eigenvalue weighted by molar-refractivity contribution is 5.52. The highest BCUT2D eigenvalue weighted by Gasteiger charge is 2.10. The average Bonchev–Trinajstić information content (AvgIpc) is 2.89. The van der Waals surface area contributed by atoms with Crippen LogP contribution in [-0.4, -0.2) is 19.6 Å². The van der Waals surface area contributed by atoms with Crippen LogP contribution in [0.15, 0.2) is 30.6 Å². The molecule has 1 aromatic carbocycles. The van der Waals surface area contributed by atoms with Crippen molar-refractivity contribution in [3.8, 4) is 0 Å². The smallest absolute Gasteiger partial charge is 0.254 e. The average molecular weight is 267 g/mol. The van der Waals surface area contributed by atoms with Crippen LogP contribution in [0.5, 0.6) is 0 Å². The minimum atomic E-state index is 0.625. The number of hydrogen-bond acceptors (Lipinski definition) is 4. The fraction of sp³-hybridized carbons (Fsp3) is 0.267. The summed E-state index contributed by atoms with van der Waals surface area (Å²) in [5.41, 5.74) is 4.56. The molecule has 3 rings (SSSR count). The Balaban J connectivity index is 1.92. The predicted octanol–water partition coefficient (Wildman–Crippen LogP) is 2.66. The summed E-state index contributed by atoms with van der Waals surface area (Å²) in [5, 5.41) is 7.67. The van der Waals surface area contributed by atoms with Crippen LogP contribution in [0.1, 0.15) is 22.4 Å². The maximum atomic E-state index is 4.41. The molecular weight excluding hydrogens is 250 g/mol. The molecule has 0 bridgehead atoms. The third-order valence-electron chi connectivity index (χ3n) is 3.49. The van der Waals surface area contributed by atoms with Crippen LogP contribution in [0, 0.1) is 20.8 Å². The second-order valence-electron chi connectivity index (χ2n) is 4.98. The van der Waals surface area contributed by atoms with Gasteiger partial charge in [0.25, 0.3) is 5.78 Å². The fourth-order valence-electron chi connectivity index (χ4n) is 2.13. The number of aromatic nitrogens is 4. The van der Waals surface area contributed by atoms with Gasteiger partial charge in [-0.15, -0.1) is 0 Å². The van der Waals surface area contributed by atoms with Gasteiger partial charge in [0, 0.05) is 17.8 Å². The Morgan fingerprint density at radius 3 is 2.60 bits per heavy atom. The minimum absolute atomic E-state index is 0.625. The zero-order valence-electron chi connectivity index (χ0n) is 11.9. The van der Waals surface area contributed by atoms with Crippen LogP contribution in [-0.2, 0) is 6.54 Å². The monoisotopic (exact) mass is 267 g/mol. The van der Waals surface area contributed by atoms with E-state index >= 15 is 0 Å². The largest absolute Gasteiger partial charge is 0.366 e. The van der Waals surface area contributed by atoms with Crippen molar-refractivity contribution in [2.45, 2.75) is 27.3 Å². The van der Waals surface area contributed by atoms with Gasteiger partial charge in [0.2, 0.25) is 0 Å². The van der Waals surface area contributed by atoms with Crippen LogP contribution in [0.3, 0.4) is 0 Å². The zero-order valence-corrected chi connectivity index (χ0v) is 11.9. The summed E-state index contributed by atoms with van der Waals surface area (Å²) in [7, 11) is 0. The zero-order chi connectivity index (χ0) is 14.1. The molecule has 20 heavy (non-hydrogen) atoms. The molecule has 0 aliphatic carbocycles. The van der Waals surface area contributed by atoms with E-state index in [2.05, 4.69) is 51.6 Å². The van der Waals surface area contributed by atoms with Crippen LogP contribution in [0.4, 0.5) is 5.82 Å². The van der Waals surface area contributed by atoms with E-state index in [-0.39, 0.29) is 0 Å². The number of fused-ring (bicyclic) bond motifs is 1. The summed E-state index contributed by atoms with van der Waals surface area (Å²) in [6.07, 6.45) is 1.53. The Morgan fingerprint density at radius 1 is 1.10 bits per heavy atom. The van der Waals surface area contributed by atoms with Gasteiger partial charge in [-0.05, 0) is 26.3 Å². The molecule has 0 spiro atoms. The molecule has 5 heteroatoms. The SMILES string of the molecule is Cc1ccc(CNc2c(C)c(C)nc3ncnn23)cc1. The first-order valence-electron chi connectivity index (χ1n) is 6.61. The number of anilines is 1. The molecule has 1 N–H and O–H groups in total. The molecule has 2 heterocycles. The lowest BCUT2D eigenvalue weighted by Crippen LogP contribution is -2.09. The molecule has 0 saturated heterocycles. The lowest BCUT2D eigenvalue weighted by atomic mass is 10.1. The van der Waals surface area contributed by atoms with E-state index in [1.54, 1.807) is 4.52 Å². The molecule has 5 nitrogen and oxygen atoms in total. The van der Waals surface area contributed by atoms with E-state index in [0.717, 1.165) is 23.6 Å². The Hall–Kier alpha value is -2.43. The van der Waals surface area contributed by atoms with Gasteiger partial charge < -0.3 is 5.32 Å². The Labute approximate surface area is 117 Å². The third-order valence-corrected chi connectivity index (χ3v) is 3.49. The van der Waals surface area contributed by atoms with Gasteiger partial charge in [0.1, 0.15) is 12.1 Å². The lowest BCUT2D eigenvalue weighted by molar-refractivity contribution is 0.903. The maximum Gasteiger partial charge on any atom is 0.254 e. The van der Waals surface area contributed by atoms with E-state index < -0.39 is 0 Å². The molecule has 102 valence electrons. The van der Waals surface area contributed by atoms with Crippen molar-refractivity contribution in [1.82, 2.24) is 19.6 Å². The number of aryl methyl sites for hydroxylation is 2. The van der Waals surface area contributed by atoms with Gasteiger partial charge >= 0.3 is 0 Å². The molecule has 0 fully saturated rings. The van der Waals surface area contributed by atoms with Crippen molar-refractivity contribution >= 4 is 11.6 Å².